The van der Waals surface area contributed by atoms with Gasteiger partial charge in [0.05, 0.1) is 6.04 Å². The first-order valence-corrected chi connectivity index (χ1v) is 8.57. The largest absolute Gasteiger partial charge is 0.306 e. The van der Waals surface area contributed by atoms with Gasteiger partial charge >= 0.3 is 0 Å². The third-order valence-electron chi connectivity index (χ3n) is 3.83. The molecule has 1 aliphatic carbocycles. The number of nitrogens with one attached hydrogen (secondary N) is 1. The third kappa shape index (κ3) is 2.93. The Labute approximate surface area is 130 Å². The van der Waals surface area contributed by atoms with Crippen molar-refractivity contribution in [3.63, 3.8) is 0 Å². The summed E-state index contributed by atoms with van der Waals surface area (Å²) in [6.45, 7) is 3.23. The molecule has 20 heavy (non-hydrogen) atoms. The minimum Gasteiger partial charge on any atom is -0.306 e. The number of hydrogen-bond acceptors (Lipinski definition) is 2. The maximum Gasteiger partial charge on any atom is 0.0671 e. The fraction of sp³-hybridized carbons (Fsp3) is 0.412. The molecule has 0 saturated carbocycles. The van der Waals surface area contributed by atoms with Crippen molar-refractivity contribution < 1.29 is 0 Å². The number of benzene rings is 1. The van der Waals surface area contributed by atoms with E-state index in [0.717, 1.165) is 18.0 Å². The van der Waals surface area contributed by atoms with Crippen LogP contribution in [0.15, 0.2) is 30.3 Å². The highest BCUT2D eigenvalue weighted by molar-refractivity contribution is 7.12. The van der Waals surface area contributed by atoms with Gasteiger partial charge in [0.15, 0.2) is 0 Å². The molecule has 0 radical (unpaired) electrons. The molecule has 1 aromatic carbocycles. The molecule has 3 heteroatoms. The first kappa shape index (κ1) is 14.1. The molecule has 1 aromatic heterocycles. The summed E-state index contributed by atoms with van der Waals surface area (Å²) in [5.41, 5.74) is 2.83. The van der Waals surface area contributed by atoms with Gasteiger partial charge in [-0.25, -0.2) is 0 Å². The van der Waals surface area contributed by atoms with E-state index in [1.807, 2.05) is 23.5 Å². The van der Waals surface area contributed by atoms with Gasteiger partial charge in [0.2, 0.25) is 0 Å². The van der Waals surface area contributed by atoms with Crippen LogP contribution in [0.5, 0.6) is 0 Å². The summed E-state index contributed by atoms with van der Waals surface area (Å²) in [4.78, 5) is 3.02. The Hall–Kier alpha value is -0.830. The molecule has 1 aliphatic rings. The lowest BCUT2D eigenvalue weighted by Gasteiger charge is -2.18. The Morgan fingerprint density at radius 3 is 2.95 bits per heavy atom. The third-order valence-corrected chi connectivity index (χ3v) is 5.37. The quantitative estimate of drug-likeness (QED) is 0.821. The lowest BCUT2D eigenvalue weighted by Crippen LogP contribution is -2.22. The van der Waals surface area contributed by atoms with Crippen LogP contribution in [0.2, 0.25) is 5.02 Å². The molecule has 1 atom stereocenters. The molecule has 2 aromatic rings. The van der Waals surface area contributed by atoms with Gasteiger partial charge in [0.25, 0.3) is 0 Å². The van der Waals surface area contributed by atoms with Crippen molar-refractivity contribution in [1.29, 1.82) is 0 Å². The number of thiophene rings is 1. The summed E-state index contributed by atoms with van der Waals surface area (Å²) >= 11 is 8.14. The molecule has 0 saturated heterocycles. The van der Waals surface area contributed by atoms with E-state index >= 15 is 0 Å². The van der Waals surface area contributed by atoms with Gasteiger partial charge < -0.3 is 5.32 Å². The molecule has 0 fully saturated rings. The molecule has 1 unspecified atom stereocenters. The predicted molar refractivity (Wildman–Crippen MR) is 87.9 cm³/mol. The van der Waals surface area contributed by atoms with Crippen molar-refractivity contribution in [2.45, 2.75) is 38.6 Å². The van der Waals surface area contributed by atoms with Gasteiger partial charge in [0.1, 0.15) is 0 Å². The van der Waals surface area contributed by atoms with Crippen LogP contribution in [0.1, 0.15) is 46.7 Å². The number of aryl methyl sites for hydroxylation is 2. The SMILES string of the molecule is CCCNC(c1cccc(Cl)c1)c1cc2c(s1)CCC2. The van der Waals surface area contributed by atoms with E-state index in [-0.39, 0.29) is 6.04 Å². The normalized spacial score (nSPS) is 15.3. The van der Waals surface area contributed by atoms with Crippen LogP contribution in [-0.2, 0) is 12.8 Å². The van der Waals surface area contributed by atoms with Crippen LogP contribution in [0.4, 0.5) is 0 Å². The highest BCUT2D eigenvalue weighted by atomic mass is 35.5. The van der Waals surface area contributed by atoms with E-state index in [1.165, 1.54) is 29.7 Å². The van der Waals surface area contributed by atoms with Gasteiger partial charge in [-0.15, -0.1) is 11.3 Å². The zero-order valence-corrected chi connectivity index (χ0v) is 13.4. The first-order chi connectivity index (χ1) is 9.78. The summed E-state index contributed by atoms with van der Waals surface area (Å²) in [5, 5.41) is 4.48. The predicted octanol–water partition coefficient (Wildman–Crippen LogP) is 4.98. The minimum absolute atomic E-state index is 0.282. The van der Waals surface area contributed by atoms with Crippen molar-refractivity contribution in [2.75, 3.05) is 6.54 Å². The Balaban J connectivity index is 1.92. The van der Waals surface area contributed by atoms with E-state index in [1.54, 1.807) is 10.4 Å². The lowest BCUT2D eigenvalue weighted by molar-refractivity contribution is 0.605. The number of halogens is 1. The van der Waals surface area contributed by atoms with Crippen molar-refractivity contribution >= 4 is 22.9 Å². The second-order valence-corrected chi connectivity index (χ2v) is 7.00. The number of rotatable bonds is 5. The van der Waals surface area contributed by atoms with Gasteiger partial charge in [-0.3, -0.25) is 0 Å². The molecule has 3 rings (SSSR count). The first-order valence-electron chi connectivity index (χ1n) is 7.38. The van der Waals surface area contributed by atoms with E-state index in [9.17, 15) is 0 Å². The van der Waals surface area contributed by atoms with E-state index < -0.39 is 0 Å². The Morgan fingerprint density at radius 2 is 2.20 bits per heavy atom. The molecule has 0 amide bonds. The monoisotopic (exact) mass is 305 g/mol. The Bertz CT molecular complexity index is 569. The average Bonchev–Trinajstić information content (AvgIpc) is 3.00. The van der Waals surface area contributed by atoms with Crippen molar-refractivity contribution in [3.8, 4) is 0 Å². The van der Waals surface area contributed by atoms with Gasteiger partial charge in [-0.1, -0.05) is 30.7 Å². The number of fused-ring (bicyclic) bond motifs is 1. The molecule has 1 heterocycles. The molecule has 1 N–H and O–H groups in total. The van der Waals surface area contributed by atoms with Crippen molar-refractivity contribution in [3.05, 3.63) is 56.2 Å². The second kappa shape index (κ2) is 6.30. The van der Waals surface area contributed by atoms with E-state index in [2.05, 4.69) is 30.4 Å². The van der Waals surface area contributed by atoms with Crippen LogP contribution in [-0.4, -0.2) is 6.54 Å². The van der Waals surface area contributed by atoms with Crippen LogP contribution < -0.4 is 5.32 Å². The van der Waals surface area contributed by atoms with Crippen LogP contribution >= 0.6 is 22.9 Å². The fourth-order valence-electron chi connectivity index (χ4n) is 2.85. The smallest absolute Gasteiger partial charge is 0.0671 e. The summed E-state index contributed by atoms with van der Waals surface area (Å²) in [7, 11) is 0. The minimum atomic E-state index is 0.282. The molecule has 0 bridgehead atoms. The number of hydrogen-bond donors (Lipinski definition) is 1. The molecular weight excluding hydrogens is 286 g/mol. The van der Waals surface area contributed by atoms with Crippen LogP contribution in [0, 0.1) is 0 Å². The van der Waals surface area contributed by atoms with Crippen molar-refractivity contribution in [2.24, 2.45) is 0 Å². The summed E-state index contributed by atoms with van der Waals surface area (Å²) in [6, 6.07) is 10.9. The van der Waals surface area contributed by atoms with E-state index in [4.69, 9.17) is 11.6 Å². The van der Waals surface area contributed by atoms with Gasteiger partial charge in [-0.05, 0) is 61.6 Å². The summed E-state index contributed by atoms with van der Waals surface area (Å²) in [5.74, 6) is 0. The maximum atomic E-state index is 6.16. The maximum absolute atomic E-state index is 6.16. The zero-order chi connectivity index (χ0) is 13.9. The molecular formula is C17H20ClNS. The fourth-order valence-corrected chi connectivity index (χ4v) is 4.41. The van der Waals surface area contributed by atoms with Gasteiger partial charge in [0, 0.05) is 14.8 Å². The van der Waals surface area contributed by atoms with Crippen LogP contribution in [0.3, 0.4) is 0 Å². The molecule has 106 valence electrons. The highest BCUT2D eigenvalue weighted by Gasteiger charge is 2.21. The standard InChI is InChI=1S/C17H20ClNS/c1-2-9-19-17(13-6-3-7-14(18)10-13)16-11-12-5-4-8-15(12)20-16/h3,6-7,10-11,17,19H,2,4-5,8-9H2,1H3. The molecule has 1 nitrogen and oxygen atoms in total. The van der Waals surface area contributed by atoms with Crippen LogP contribution in [0.25, 0.3) is 0 Å². The average molecular weight is 306 g/mol. The second-order valence-electron chi connectivity index (χ2n) is 5.39. The molecule has 0 aliphatic heterocycles. The lowest BCUT2D eigenvalue weighted by atomic mass is 10.0. The molecule has 0 spiro atoms. The van der Waals surface area contributed by atoms with Gasteiger partial charge in [-0.2, -0.15) is 0 Å². The Kier molecular flexibility index (Phi) is 4.45. The summed E-state index contributed by atoms with van der Waals surface area (Å²) in [6.07, 6.45) is 4.98. The zero-order valence-electron chi connectivity index (χ0n) is 11.8. The van der Waals surface area contributed by atoms with E-state index in [0.29, 0.717) is 0 Å². The Morgan fingerprint density at radius 1 is 1.30 bits per heavy atom. The summed E-state index contributed by atoms with van der Waals surface area (Å²) < 4.78 is 0. The highest BCUT2D eigenvalue weighted by Crippen LogP contribution is 2.36. The topological polar surface area (TPSA) is 12.0 Å². The van der Waals surface area contributed by atoms with Crippen molar-refractivity contribution in [1.82, 2.24) is 5.32 Å².